The van der Waals surface area contributed by atoms with Crippen molar-refractivity contribution < 1.29 is 26.4 Å². The van der Waals surface area contributed by atoms with Crippen molar-refractivity contribution in [2.75, 3.05) is 6.61 Å². The van der Waals surface area contributed by atoms with Crippen LogP contribution in [-0.4, -0.2) is 29.4 Å². The Balaban J connectivity index is 2.25. The minimum Gasteiger partial charge on any atom is -0.466 e. The molecular weight excluding hydrogens is 444 g/mol. The molecule has 1 atom stereocenters. The second kappa shape index (κ2) is 6.47. The van der Waals surface area contributed by atoms with E-state index in [0.29, 0.717) is 10.0 Å². The number of hydrogen-bond acceptors (Lipinski definition) is 6. The van der Waals surface area contributed by atoms with E-state index in [4.69, 9.17) is 4.74 Å². The van der Waals surface area contributed by atoms with Crippen molar-refractivity contribution in [2.24, 2.45) is 0 Å². The molecule has 0 fully saturated rings. The Kier molecular flexibility index (Phi) is 4.74. The molecular formula is C17H15BrO6S2. The van der Waals surface area contributed by atoms with Gasteiger partial charge in [-0.05, 0) is 49.7 Å². The molecule has 2 aromatic rings. The van der Waals surface area contributed by atoms with Crippen molar-refractivity contribution in [3.8, 4) is 0 Å². The fourth-order valence-corrected chi connectivity index (χ4v) is 7.46. The van der Waals surface area contributed by atoms with E-state index in [1.54, 1.807) is 13.8 Å². The number of halogens is 1. The van der Waals surface area contributed by atoms with Crippen LogP contribution in [0.25, 0.3) is 0 Å². The molecule has 0 aromatic heterocycles. The van der Waals surface area contributed by atoms with E-state index in [1.165, 1.54) is 36.4 Å². The maximum atomic E-state index is 13.0. The normalized spacial score (nSPS) is 17.7. The van der Waals surface area contributed by atoms with E-state index >= 15 is 0 Å². The molecule has 1 aliphatic heterocycles. The second-order valence-electron chi connectivity index (χ2n) is 5.78. The Labute approximate surface area is 160 Å². The monoisotopic (exact) mass is 458 g/mol. The molecule has 26 heavy (non-hydrogen) atoms. The highest BCUT2D eigenvalue weighted by Gasteiger charge is 2.39. The lowest BCUT2D eigenvalue weighted by atomic mass is 10.0. The summed E-state index contributed by atoms with van der Waals surface area (Å²) in [6.07, 6.45) is 0. The summed E-state index contributed by atoms with van der Waals surface area (Å²) in [6, 6.07) is 7.93. The summed E-state index contributed by atoms with van der Waals surface area (Å²) in [5.74, 6) is -1.22. The third-order valence-electron chi connectivity index (χ3n) is 4.17. The zero-order valence-corrected chi connectivity index (χ0v) is 17.1. The first kappa shape index (κ1) is 19.1. The summed E-state index contributed by atoms with van der Waals surface area (Å²) in [6.45, 7) is 3.45. The van der Waals surface area contributed by atoms with Crippen molar-refractivity contribution in [1.82, 2.24) is 0 Å². The Morgan fingerprint density at radius 2 is 1.50 bits per heavy atom. The van der Waals surface area contributed by atoms with Crippen molar-refractivity contribution in [2.45, 2.75) is 39.3 Å². The third kappa shape index (κ3) is 2.87. The molecule has 138 valence electrons. The van der Waals surface area contributed by atoms with E-state index in [1.807, 2.05) is 0 Å². The number of carbonyl (C=O) groups excluding carboxylic acids is 1. The van der Waals surface area contributed by atoms with Crippen molar-refractivity contribution in [1.29, 1.82) is 0 Å². The lowest BCUT2D eigenvalue weighted by molar-refractivity contribution is -0.144. The smallest absolute Gasteiger partial charge is 0.313 e. The molecule has 0 N–H and O–H groups in total. The second-order valence-corrected chi connectivity index (χ2v) is 10.5. The molecule has 0 bridgehead atoms. The first-order valence-corrected chi connectivity index (χ1v) is 11.5. The van der Waals surface area contributed by atoms with E-state index in [2.05, 4.69) is 15.9 Å². The van der Waals surface area contributed by atoms with Gasteiger partial charge in [0.2, 0.25) is 19.7 Å². The van der Waals surface area contributed by atoms with Crippen molar-refractivity contribution in [3.63, 3.8) is 0 Å². The zero-order valence-electron chi connectivity index (χ0n) is 13.9. The van der Waals surface area contributed by atoms with Gasteiger partial charge >= 0.3 is 5.97 Å². The zero-order chi connectivity index (χ0) is 19.3. The number of benzene rings is 2. The standard InChI is InChI=1S/C17H15BrO6S2/c1-3-24-17(19)10(2)11-4-6-13-15(8-11)25(20,21)14-7-5-12(18)9-16(14)26(13,22)23/h4-10H,3H2,1-2H3. The highest BCUT2D eigenvalue weighted by atomic mass is 79.9. The average Bonchev–Trinajstić information content (AvgIpc) is 2.59. The predicted octanol–water partition coefficient (Wildman–Crippen LogP) is 3.09. The highest BCUT2D eigenvalue weighted by Crippen LogP contribution is 2.42. The molecule has 0 amide bonds. The molecule has 0 spiro atoms. The average molecular weight is 459 g/mol. The Morgan fingerprint density at radius 3 is 2.08 bits per heavy atom. The van der Waals surface area contributed by atoms with Crippen LogP contribution in [-0.2, 0) is 29.2 Å². The van der Waals surface area contributed by atoms with Crippen LogP contribution in [0, 0.1) is 0 Å². The van der Waals surface area contributed by atoms with E-state index < -0.39 is 31.6 Å². The molecule has 6 nitrogen and oxygen atoms in total. The molecule has 1 aliphatic rings. The van der Waals surface area contributed by atoms with Gasteiger partial charge in [-0.15, -0.1) is 0 Å². The maximum absolute atomic E-state index is 13.0. The number of rotatable bonds is 3. The number of ether oxygens (including phenoxy) is 1. The van der Waals surface area contributed by atoms with Crippen LogP contribution in [0.1, 0.15) is 25.3 Å². The molecule has 2 aromatic carbocycles. The van der Waals surface area contributed by atoms with Crippen LogP contribution in [0.5, 0.6) is 0 Å². The van der Waals surface area contributed by atoms with Crippen molar-refractivity contribution >= 4 is 41.6 Å². The van der Waals surface area contributed by atoms with Gasteiger partial charge in [0.1, 0.15) is 0 Å². The Bertz CT molecular complexity index is 1120. The molecule has 0 aliphatic carbocycles. The molecule has 0 radical (unpaired) electrons. The number of carbonyl (C=O) groups is 1. The van der Waals surface area contributed by atoms with Gasteiger partial charge in [0.25, 0.3) is 0 Å². The van der Waals surface area contributed by atoms with Crippen LogP contribution in [0.3, 0.4) is 0 Å². The van der Waals surface area contributed by atoms with E-state index in [9.17, 15) is 21.6 Å². The van der Waals surface area contributed by atoms with E-state index in [0.717, 1.165) is 0 Å². The molecule has 1 heterocycles. The summed E-state index contributed by atoms with van der Waals surface area (Å²) < 4.78 is 57.1. The van der Waals surface area contributed by atoms with Crippen LogP contribution in [0.4, 0.5) is 0 Å². The first-order valence-electron chi connectivity index (χ1n) is 7.71. The summed E-state index contributed by atoms with van der Waals surface area (Å²) in [5.41, 5.74) is 0.376. The molecule has 0 saturated carbocycles. The largest absolute Gasteiger partial charge is 0.466 e. The van der Waals surface area contributed by atoms with Gasteiger partial charge < -0.3 is 4.74 Å². The summed E-state index contributed by atoms with van der Waals surface area (Å²) >= 11 is 3.17. The molecule has 1 unspecified atom stereocenters. The van der Waals surface area contributed by atoms with Gasteiger partial charge in [-0.3, -0.25) is 4.79 Å². The summed E-state index contributed by atoms with van der Waals surface area (Å²) in [5, 5.41) is 0. The van der Waals surface area contributed by atoms with Crippen LogP contribution >= 0.6 is 15.9 Å². The SMILES string of the molecule is CCOC(=O)C(C)c1ccc2c(c1)S(=O)(=O)c1ccc(Br)cc1S2(=O)=O. The number of sulfone groups is 2. The molecule has 9 heteroatoms. The molecule has 0 saturated heterocycles. The van der Waals surface area contributed by atoms with Gasteiger partial charge in [0, 0.05) is 4.47 Å². The van der Waals surface area contributed by atoms with Crippen molar-refractivity contribution in [3.05, 3.63) is 46.4 Å². The lowest BCUT2D eigenvalue weighted by Gasteiger charge is -2.21. The lowest BCUT2D eigenvalue weighted by Crippen LogP contribution is -2.21. The van der Waals surface area contributed by atoms with Crippen LogP contribution in [0.2, 0.25) is 0 Å². The maximum Gasteiger partial charge on any atom is 0.313 e. The van der Waals surface area contributed by atoms with Gasteiger partial charge in [-0.25, -0.2) is 16.8 Å². The third-order valence-corrected chi connectivity index (χ3v) is 8.63. The van der Waals surface area contributed by atoms with Gasteiger partial charge in [-0.2, -0.15) is 0 Å². The fraction of sp³-hybridized carbons (Fsp3) is 0.235. The quantitative estimate of drug-likeness (QED) is 0.559. The predicted molar refractivity (Wildman–Crippen MR) is 96.5 cm³/mol. The topological polar surface area (TPSA) is 94.6 Å². The summed E-state index contributed by atoms with van der Waals surface area (Å²) in [4.78, 5) is 10.8. The van der Waals surface area contributed by atoms with Gasteiger partial charge in [-0.1, -0.05) is 22.0 Å². The Morgan fingerprint density at radius 1 is 0.962 bits per heavy atom. The number of esters is 1. The van der Waals surface area contributed by atoms with Gasteiger partial charge in [0.15, 0.2) is 0 Å². The number of hydrogen-bond donors (Lipinski definition) is 0. The first-order chi connectivity index (χ1) is 12.1. The Hall–Kier alpha value is -1.71. The highest BCUT2D eigenvalue weighted by molar-refractivity contribution is 9.10. The van der Waals surface area contributed by atoms with Gasteiger partial charge in [0.05, 0.1) is 32.1 Å². The summed E-state index contributed by atoms with van der Waals surface area (Å²) in [7, 11) is -8.03. The minimum atomic E-state index is -4.04. The van der Waals surface area contributed by atoms with E-state index in [-0.39, 0.29) is 26.2 Å². The number of fused-ring (bicyclic) bond motifs is 2. The minimum absolute atomic E-state index is 0.197. The van der Waals surface area contributed by atoms with Crippen LogP contribution in [0.15, 0.2) is 60.5 Å². The van der Waals surface area contributed by atoms with Crippen LogP contribution < -0.4 is 0 Å². The fourth-order valence-electron chi connectivity index (χ4n) is 2.78. The molecule has 3 rings (SSSR count).